The summed E-state index contributed by atoms with van der Waals surface area (Å²) in [5.74, 6) is 0.287. The minimum Gasteiger partial charge on any atom is -0.491 e. The predicted octanol–water partition coefficient (Wildman–Crippen LogP) is 2.88. The van der Waals surface area contributed by atoms with Gasteiger partial charge in [0.05, 0.1) is 23.6 Å². The van der Waals surface area contributed by atoms with Crippen molar-refractivity contribution in [3.63, 3.8) is 0 Å². The highest BCUT2D eigenvalue weighted by Crippen LogP contribution is 2.33. The molecular formula is C17H21ClN2O4. The van der Waals surface area contributed by atoms with Crippen LogP contribution in [0.15, 0.2) is 35.5 Å². The van der Waals surface area contributed by atoms with Gasteiger partial charge in [0.2, 0.25) is 0 Å². The maximum Gasteiger partial charge on any atom is 0.338 e. The molecule has 2 amide bonds. The number of alkyl halides is 1. The lowest BCUT2D eigenvalue weighted by Gasteiger charge is -2.29. The number of carbonyl (C=O) groups is 2. The smallest absolute Gasteiger partial charge is 0.338 e. The molecule has 1 aromatic carbocycles. The molecule has 0 radical (unpaired) electrons. The summed E-state index contributed by atoms with van der Waals surface area (Å²) in [6, 6.07) is 6.25. The van der Waals surface area contributed by atoms with E-state index in [4.69, 9.17) is 21.1 Å². The summed E-state index contributed by atoms with van der Waals surface area (Å²) >= 11 is 5.58. The minimum absolute atomic E-state index is 0.0414. The molecule has 0 aromatic heterocycles. The fraction of sp³-hybridized carbons (Fsp3) is 0.412. The van der Waals surface area contributed by atoms with Crippen molar-refractivity contribution >= 4 is 23.6 Å². The Morgan fingerprint density at radius 3 is 2.71 bits per heavy atom. The van der Waals surface area contributed by atoms with Crippen molar-refractivity contribution in [1.29, 1.82) is 0 Å². The number of halogens is 1. The van der Waals surface area contributed by atoms with E-state index >= 15 is 0 Å². The molecule has 1 aromatic rings. The lowest BCUT2D eigenvalue weighted by atomic mass is 9.95. The standard InChI is InChI=1S/C17H21ClN2O4/c1-10(2)24-13-7-5-4-6-12(13)15-14(16(21)23-9-8-18)11(3)19-17(22)20-15/h4-7,10,15H,8-9H2,1-3H3,(H2,19,20,22)/t15-/m0/s1. The monoisotopic (exact) mass is 352 g/mol. The van der Waals surface area contributed by atoms with Crippen LogP contribution in [-0.2, 0) is 9.53 Å². The van der Waals surface area contributed by atoms with Crippen LogP contribution in [0, 0.1) is 0 Å². The second kappa shape index (κ2) is 8.06. The third-order valence-corrected chi connectivity index (χ3v) is 3.55. The zero-order valence-electron chi connectivity index (χ0n) is 13.9. The number of amides is 2. The number of urea groups is 1. The van der Waals surface area contributed by atoms with Crippen LogP contribution in [0.5, 0.6) is 5.75 Å². The number of allylic oxidation sites excluding steroid dienone is 1. The topological polar surface area (TPSA) is 76.7 Å². The molecule has 2 rings (SSSR count). The molecule has 0 fully saturated rings. The van der Waals surface area contributed by atoms with Crippen LogP contribution in [0.4, 0.5) is 4.79 Å². The number of carbonyl (C=O) groups excluding carboxylic acids is 2. The molecule has 130 valence electrons. The van der Waals surface area contributed by atoms with Crippen molar-refractivity contribution in [1.82, 2.24) is 10.6 Å². The molecule has 0 bridgehead atoms. The Bertz CT molecular complexity index is 658. The lowest BCUT2D eigenvalue weighted by Crippen LogP contribution is -2.45. The summed E-state index contributed by atoms with van der Waals surface area (Å²) in [5, 5.41) is 5.36. The first kappa shape index (κ1) is 18.1. The van der Waals surface area contributed by atoms with Crippen LogP contribution >= 0.6 is 11.6 Å². The van der Waals surface area contributed by atoms with E-state index in [2.05, 4.69) is 10.6 Å². The number of benzene rings is 1. The van der Waals surface area contributed by atoms with E-state index in [1.54, 1.807) is 13.0 Å². The van der Waals surface area contributed by atoms with Crippen LogP contribution in [0.25, 0.3) is 0 Å². The first-order chi connectivity index (χ1) is 11.4. The van der Waals surface area contributed by atoms with Crippen LogP contribution in [-0.4, -0.2) is 30.6 Å². The Morgan fingerprint density at radius 2 is 2.04 bits per heavy atom. The van der Waals surface area contributed by atoms with Gasteiger partial charge in [-0.1, -0.05) is 18.2 Å². The van der Waals surface area contributed by atoms with Gasteiger partial charge in [-0.05, 0) is 26.8 Å². The van der Waals surface area contributed by atoms with E-state index in [0.717, 1.165) is 0 Å². The van der Waals surface area contributed by atoms with Gasteiger partial charge in [0.1, 0.15) is 12.4 Å². The van der Waals surface area contributed by atoms with Crippen molar-refractivity contribution in [2.24, 2.45) is 0 Å². The second-order valence-corrected chi connectivity index (χ2v) is 5.98. The van der Waals surface area contributed by atoms with E-state index in [-0.39, 0.29) is 24.6 Å². The fourth-order valence-electron chi connectivity index (χ4n) is 2.49. The number of para-hydroxylation sites is 1. The third-order valence-electron chi connectivity index (χ3n) is 3.39. The molecule has 0 unspecified atom stereocenters. The fourth-order valence-corrected chi connectivity index (χ4v) is 2.56. The first-order valence-electron chi connectivity index (χ1n) is 7.71. The number of hydrogen-bond donors (Lipinski definition) is 2. The average molecular weight is 353 g/mol. The highest BCUT2D eigenvalue weighted by molar-refractivity contribution is 6.18. The highest BCUT2D eigenvalue weighted by atomic mass is 35.5. The van der Waals surface area contributed by atoms with E-state index in [1.165, 1.54) is 0 Å². The van der Waals surface area contributed by atoms with Gasteiger partial charge in [0.25, 0.3) is 0 Å². The number of hydrogen-bond acceptors (Lipinski definition) is 4. The van der Waals surface area contributed by atoms with Crippen molar-refractivity contribution < 1.29 is 19.1 Å². The Labute approximate surface area is 146 Å². The summed E-state index contributed by atoms with van der Waals surface area (Å²) in [7, 11) is 0. The van der Waals surface area contributed by atoms with Gasteiger partial charge in [-0.3, -0.25) is 0 Å². The van der Waals surface area contributed by atoms with Crippen molar-refractivity contribution in [2.45, 2.75) is 32.9 Å². The molecule has 2 N–H and O–H groups in total. The SMILES string of the molecule is CC1=C(C(=O)OCCCl)[C@H](c2ccccc2OC(C)C)NC(=O)N1. The molecule has 1 atom stereocenters. The molecule has 0 saturated heterocycles. The Balaban J connectivity index is 2.44. The molecule has 24 heavy (non-hydrogen) atoms. The van der Waals surface area contributed by atoms with E-state index < -0.39 is 12.0 Å². The number of ether oxygens (including phenoxy) is 2. The maximum atomic E-state index is 12.4. The van der Waals surface area contributed by atoms with Gasteiger partial charge in [-0.2, -0.15) is 0 Å². The predicted molar refractivity (Wildman–Crippen MR) is 91.0 cm³/mol. The second-order valence-electron chi connectivity index (χ2n) is 5.60. The van der Waals surface area contributed by atoms with Crippen LogP contribution < -0.4 is 15.4 Å². The first-order valence-corrected chi connectivity index (χ1v) is 8.24. The Kier molecular flexibility index (Phi) is 6.09. The molecule has 6 nitrogen and oxygen atoms in total. The average Bonchev–Trinajstić information content (AvgIpc) is 2.51. The van der Waals surface area contributed by atoms with Crippen LogP contribution in [0.3, 0.4) is 0 Å². The quantitative estimate of drug-likeness (QED) is 0.609. The highest BCUT2D eigenvalue weighted by Gasteiger charge is 2.33. The van der Waals surface area contributed by atoms with E-state index in [9.17, 15) is 9.59 Å². The van der Waals surface area contributed by atoms with Gasteiger partial charge >= 0.3 is 12.0 Å². The Morgan fingerprint density at radius 1 is 1.33 bits per heavy atom. The van der Waals surface area contributed by atoms with Gasteiger partial charge in [-0.15, -0.1) is 11.6 Å². The summed E-state index contributed by atoms with van der Waals surface area (Å²) < 4.78 is 11.0. The summed E-state index contributed by atoms with van der Waals surface area (Å²) in [4.78, 5) is 24.3. The normalized spacial score (nSPS) is 17.4. The lowest BCUT2D eigenvalue weighted by molar-refractivity contribution is -0.139. The molecule has 0 saturated carbocycles. The molecule has 0 spiro atoms. The number of nitrogens with one attached hydrogen (secondary N) is 2. The molecule has 1 heterocycles. The minimum atomic E-state index is -0.656. The summed E-state index contributed by atoms with van der Waals surface area (Å²) in [5.41, 5.74) is 1.47. The van der Waals surface area contributed by atoms with Gasteiger partial charge < -0.3 is 20.1 Å². The zero-order chi connectivity index (χ0) is 17.7. The van der Waals surface area contributed by atoms with E-state index in [0.29, 0.717) is 22.6 Å². The zero-order valence-corrected chi connectivity index (χ0v) is 14.6. The molecule has 0 aliphatic carbocycles. The maximum absolute atomic E-state index is 12.4. The van der Waals surface area contributed by atoms with Gasteiger partial charge in [0.15, 0.2) is 0 Å². The third kappa shape index (κ3) is 4.20. The summed E-state index contributed by atoms with van der Waals surface area (Å²) in [6.45, 7) is 5.58. The van der Waals surface area contributed by atoms with Crippen molar-refractivity contribution in [3.8, 4) is 5.75 Å². The molecule has 1 aliphatic heterocycles. The van der Waals surface area contributed by atoms with Crippen LogP contribution in [0.2, 0.25) is 0 Å². The largest absolute Gasteiger partial charge is 0.491 e. The van der Waals surface area contributed by atoms with Crippen molar-refractivity contribution in [2.75, 3.05) is 12.5 Å². The van der Waals surface area contributed by atoms with Gasteiger partial charge in [0, 0.05) is 11.3 Å². The number of esters is 1. The molecular weight excluding hydrogens is 332 g/mol. The number of rotatable bonds is 6. The van der Waals surface area contributed by atoms with E-state index in [1.807, 2.05) is 32.0 Å². The van der Waals surface area contributed by atoms with Gasteiger partial charge in [-0.25, -0.2) is 9.59 Å². The Hall–Kier alpha value is -2.21. The molecule has 1 aliphatic rings. The molecule has 7 heteroatoms. The summed E-state index contributed by atoms with van der Waals surface area (Å²) in [6.07, 6.45) is -0.0414. The van der Waals surface area contributed by atoms with Crippen molar-refractivity contribution in [3.05, 3.63) is 41.1 Å². The van der Waals surface area contributed by atoms with Crippen LogP contribution in [0.1, 0.15) is 32.4 Å².